The minimum Gasteiger partial charge on any atom is -0.479 e. The molecule has 0 amide bonds. The first-order valence-electron chi connectivity index (χ1n) is 4.77. The fraction of sp³-hybridized carbons (Fsp3) is 0.400. The maximum absolute atomic E-state index is 5.08. The predicted octanol–water partition coefficient (Wildman–Crippen LogP) is 3.06. The summed E-state index contributed by atoms with van der Waals surface area (Å²) in [6.45, 7) is 5.96. The van der Waals surface area contributed by atoms with E-state index >= 15 is 0 Å². The topological polar surface area (TPSA) is 50.8 Å². The molecule has 2 aromatic heterocycles. The molecule has 2 heterocycles. The largest absolute Gasteiger partial charge is 0.479 e. The molecule has 5 heteroatoms. The van der Waals surface area contributed by atoms with E-state index in [1.165, 1.54) is 0 Å². The molecular weight excluding hydrogens is 258 g/mol. The summed E-state index contributed by atoms with van der Waals surface area (Å²) in [5.41, 5.74) is 1.76. The fourth-order valence-electron chi connectivity index (χ4n) is 1.27. The Labute approximate surface area is 97.2 Å². The Morgan fingerprint density at radius 2 is 2.07 bits per heavy atom. The van der Waals surface area contributed by atoms with Gasteiger partial charge in [0, 0.05) is 21.7 Å². The number of fused-ring (bicyclic) bond motifs is 1. The molecule has 0 saturated carbocycles. The molecule has 4 nitrogen and oxygen atoms in total. The molecule has 82 valence electrons. The highest BCUT2D eigenvalue weighted by atomic mass is 79.9. The molecule has 0 bridgehead atoms. The quantitative estimate of drug-likeness (QED) is 0.868. The van der Waals surface area contributed by atoms with Crippen LogP contribution >= 0.6 is 15.9 Å². The van der Waals surface area contributed by atoms with E-state index in [4.69, 9.17) is 4.74 Å². The Morgan fingerprint density at radius 1 is 1.40 bits per heavy atom. The van der Waals surface area contributed by atoms with Gasteiger partial charge in [0.2, 0.25) is 5.88 Å². The van der Waals surface area contributed by atoms with Crippen molar-refractivity contribution in [3.8, 4) is 5.88 Å². The van der Waals surface area contributed by atoms with Crippen LogP contribution in [-0.2, 0) is 0 Å². The lowest BCUT2D eigenvalue weighted by atomic mass is 10.2. The number of rotatable bonds is 1. The zero-order valence-electron chi connectivity index (χ0n) is 9.26. The zero-order valence-corrected chi connectivity index (χ0v) is 10.8. The van der Waals surface area contributed by atoms with Crippen molar-refractivity contribution in [2.45, 2.75) is 20.8 Å². The monoisotopic (exact) mass is 271 g/mol. The molecule has 0 aromatic carbocycles. The fourth-order valence-corrected chi connectivity index (χ4v) is 1.85. The summed E-state index contributed by atoms with van der Waals surface area (Å²) in [6, 6.07) is 0. The molecule has 0 aliphatic rings. The Hall–Kier alpha value is -1.10. The van der Waals surface area contributed by atoms with E-state index in [-0.39, 0.29) is 0 Å². The Morgan fingerprint density at radius 3 is 2.67 bits per heavy atom. The van der Waals surface area contributed by atoms with Crippen LogP contribution in [0.25, 0.3) is 10.9 Å². The number of H-pyrrole nitrogens is 1. The molecule has 0 aliphatic carbocycles. The van der Waals surface area contributed by atoms with Crippen LogP contribution < -0.4 is 4.74 Å². The van der Waals surface area contributed by atoms with Gasteiger partial charge in [-0.25, -0.2) is 4.98 Å². The van der Waals surface area contributed by atoms with Crippen molar-refractivity contribution in [1.29, 1.82) is 0 Å². The number of aryl methyl sites for hydroxylation is 1. The maximum atomic E-state index is 5.08. The molecule has 1 N–H and O–H groups in total. The number of hydrogen-bond acceptors (Lipinski definition) is 3. The van der Waals surface area contributed by atoms with E-state index in [2.05, 4.69) is 31.1 Å². The number of methoxy groups -OCH3 is 1. The molecule has 0 unspecified atom stereocenters. The highest BCUT2D eigenvalue weighted by molar-refractivity contribution is 9.10. The van der Waals surface area contributed by atoms with E-state index in [0.717, 1.165) is 21.1 Å². The van der Waals surface area contributed by atoms with Crippen molar-refractivity contribution in [3.63, 3.8) is 0 Å². The van der Waals surface area contributed by atoms with E-state index in [1.54, 1.807) is 13.3 Å². The number of pyridine rings is 1. The van der Waals surface area contributed by atoms with Gasteiger partial charge in [-0.15, -0.1) is 0 Å². The summed E-state index contributed by atoms with van der Waals surface area (Å²) in [7, 11) is 1.58. The average Bonchev–Trinajstić information content (AvgIpc) is 2.66. The average molecular weight is 272 g/mol. The first kappa shape index (κ1) is 12.0. The SMILES string of the molecule is CC.COc1ncc(Br)c2c(C)[nH]nc12. The van der Waals surface area contributed by atoms with Gasteiger partial charge in [-0.05, 0) is 22.9 Å². The van der Waals surface area contributed by atoms with E-state index < -0.39 is 0 Å². The Bertz CT molecular complexity index is 453. The summed E-state index contributed by atoms with van der Waals surface area (Å²) >= 11 is 3.41. The van der Waals surface area contributed by atoms with E-state index in [1.807, 2.05) is 20.8 Å². The molecule has 0 fully saturated rings. The van der Waals surface area contributed by atoms with Crippen LogP contribution in [-0.4, -0.2) is 22.3 Å². The standard InChI is InChI=1S/C8H8BrN3O.C2H6/c1-4-6-5(9)3-10-8(13-2)7(6)12-11-4;1-2/h3H,1-2H3,(H,11,12);1-2H3. The van der Waals surface area contributed by atoms with Gasteiger partial charge in [-0.2, -0.15) is 5.10 Å². The summed E-state index contributed by atoms with van der Waals surface area (Å²) in [5, 5.41) is 8.02. The van der Waals surface area contributed by atoms with Gasteiger partial charge < -0.3 is 4.74 Å². The molecule has 15 heavy (non-hydrogen) atoms. The van der Waals surface area contributed by atoms with Crippen LogP contribution in [0.1, 0.15) is 19.5 Å². The van der Waals surface area contributed by atoms with Crippen LogP contribution in [0.5, 0.6) is 5.88 Å². The molecule has 2 aromatic rings. The maximum Gasteiger partial charge on any atom is 0.242 e. The summed E-state index contributed by atoms with van der Waals surface area (Å²) in [4.78, 5) is 4.09. The van der Waals surface area contributed by atoms with Gasteiger partial charge in [-0.1, -0.05) is 13.8 Å². The second kappa shape index (κ2) is 5.11. The molecule has 0 aliphatic heterocycles. The number of nitrogens with zero attached hydrogens (tertiary/aromatic N) is 2. The first-order valence-corrected chi connectivity index (χ1v) is 5.56. The minimum absolute atomic E-state index is 0.544. The lowest BCUT2D eigenvalue weighted by molar-refractivity contribution is 0.402. The summed E-state index contributed by atoms with van der Waals surface area (Å²) in [6.07, 6.45) is 1.71. The number of aromatic nitrogens is 3. The lowest BCUT2D eigenvalue weighted by Crippen LogP contribution is -1.88. The van der Waals surface area contributed by atoms with Crippen molar-refractivity contribution >= 4 is 26.8 Å². The lowest BCUT2D eigenvalue weighted by Gasteiger charge is -1.99. The van der Waals surface area contributed by atoms with Crippen molar-refractivity contribution in [1.82, 2.24) is 15.2 Å². The van der Waals surface area contributed by atoms with Crippen molar-refractivity contribution < 1.29 is 4.74 Å². The van der Waals surface area contributed by atoms with Gasteiger partial charge in [0.1, 0.15) is 0 Å². The van der Waals surface area contributed by atoms with Crippen molar-refractivity contribution in [3.05, 3.63) is 16.4 Å². The smallest absolute Gasteiger partial charge is 0.242 e. The number of aromatic amines is 1. The van der Waals surface area contributed by atoms with Gasteiger partial charge in [0.25, 0.3) is 0 Å². The van der Waals surface area contributed by atoms with E-state index in [0.29, 0.717) is 5.88 Å². The number of nitrogens with one attached hydrogen (secondary N) is 1. The normalized spacial score (nSPS) is 9.67. The van der Waals surface area contributed by atoms with Crippen LogP contribution in [0.4, 0.5) is 0 Å². The van der Waals surface area contributed by atoms with Crippen LogP contribution in [0.3, 0.4) is 0 Å². The minimum atomic E-state index is 0.544. The van der Waals surface area contributed by atoms with Crippen LogP contribution in [0.15, 0.2) is 10.7 Å². The molecule has 0 saturated heterocycles. The molecule has 0 atom stereocenters. The number of hydrogen-bond donors (Lipinski definition) is 1. The Kier molecular flexibility index (Phi) is 4.08. The van der Waals surface area contributed by atoms with Gasteiger partial charge >= 0.3 is 0 Å². The van der Waals surface area contributed by atoms with Gasteiger partial charge in [-0.3, -0.25) is 5.10 Å². The predicted molar refractivity (Wildman–Crippen MR) is 64.2 cm³/mol. The number of ether oxygens (including phenoxy) is 1. The highest BCUT2D eigenvalue weighted by Gasteiger charge is 2.11. The molecule has 0 spiro atoms. The van der Waals surface area contributed by atoms with Gasteiger partial charge in [0.05, 0.1) is 7.11 Å². The third-order valence-corrected chi connectivity index (χ3v) is 2.48. The second-order valence-corrected chi connectivity index (χ2v) is 3.54. The molecular formula is C10H14BrN3O. The number of halogens is 1. The van der Waals surface area contributed by atoms with Gasteiger partial charge in [0.15, 0.2) is 5.52 Å². The second-order valence-electron chi connectivity index (χ2n) is 2.69. The molecule has 0 radical (unpaired) electrons. The summed E-state index contributed by atoms with van der Waals surface area (Å²) in [5.74, 6) is 0.544. The third kappa shape index (κ3) is 2.12. The highest BCUT2D eigenvalue weighted by Crippen LogP contribution is 2.29. The van der Waals surface area contributed by atoms with E-state index in [9.17, 15) is 0 Å². The third-order valence-electron chi connectivity index (χ3n) is 1.88. The van der Waals surface area contributed by atoms with Crippen LogP contribution in [0.2, 0.25) is 0 Å². The van der Waals surface area contributed by atoms with Crippen molar-refractivity contribution in [2.24, 2.45) is 0 Å². The molecule has 2 rings (SSSR count). The zero-order chi connectivity index (χ0) is 11.4. The first-order chi connectivity index (χ1) is 7.24. The van der Waals surface area contributed by atoms with Crippen LogP contribution in [0, 0.1) is 6.92 Å². The van der Waals surface area contributed by atoms with Crippen molar-refractivity contribution in [2.75, 3.05) is 7.11 Å². The summed E-state index contributed by atoms with van der Waals surface area (Å²) < 4.78 is 6.01. The Balaban J connectivity index is 0.000000531.